The number of carbonyl (C=O) groups is 2. The molecule has 0 fully saturated rings. The average Bonchev–Trinajstić information content (AvgIpc) is 2.74. The largest absolute Gasteiger partial charge is 0.465 e. The van der Waals surface area contributed by atoms with E-state index in [4.69, 9.17) is 20.8 Å². The molecule has 23 heavy (non-hydrogen) atoms. The maximum atomic E-state index is 12.2. The van der Waals surface area contributed by atoms with Gasteiger partial charge in [0.15, 0.2) is 6.10 Å². The molecule has 6 heteroatoms. The number of rotatable bonds is 4. The predicted molar refractivity (Wildman–Crippen MR) is 87.9 cm³/mol. The number of hydrogen-bond donors (Lipinski definition) is 1. The van der Waals surface area contributed by atoms with Gasteiger partial charge >= 0.3 is 5.97 Å². The van der Waals surface area contributed by atoms with Gasteiger partial charge in [-0.05, 0) is 39.8 Å². The third kappa shape index (κ3) is 3.74. The highest BCUT2D eigenvalue weighted by Gasteiger charge is 2.24. The molecule has 0 aliphatic carbocycles. The molecule has 1 aromatic heterocycles. The van der Waals surface area contributed by atoms with Gasteiger partial charge < -0.3 is 14.5 Å². The Kier molecular flexibility index (Phi) is 5.11. The molecule has 0 spiro atoms. The zero-order chi connectivity index (χ0) is 17.1. The summed E-state index contributed by atoms with van der Waals surface area (Å²) in [6.45, 7) is 6.73. The molecular formula is C17H18ClNO4. The van der Waals surface area contributed by atoms with Gasteiger partial charge in [-0.2, -0.15) is 0 Å². The zero-order valence-electron chi connectivity index (χ0n) is 13.4. The van der Waals surface area contributed by atoms with E-state index in [2.05, 4.69) is 5.32 Å². The lowest BCUT2D eigenvalue weighted by Crippen LogP contribution is -2.30. The topological polar surface area (TPSA) is 68.5 Å². The first kappa shape index (κ1) is 17.1. The predicted octanol–water partition coefficient (Wildman–Crippen LogP) is 4.04. The number of benzene rings is 1. The Balaban J connectivity index is 2.06. The van der Waals surface area contributed by atoms with Crippen molar-refractivity contribution >= 4 is 29.2 Å². The minimum atomic E-state index is -0.965. The molecule has 1 N–H and O–H groups in total. The van der Waals surface area contributed by atoms with E-state index in [1.807, 2.05) is 0 Å². The first-order chi connectivity index (χ1) is 10.8. The van der Waals surface area contributed by atoms with Gasteiger partial charge in [0.05, 0.1) is 10.7 Å². The summed E-state index contributed by atoms with van der Waals surface area (Å²) in [6, 6.07) is 6.84. The number of anilines is 1. The number of carbonyl (C=O) groups excluding carboxylic acids is 2. The molecule has 0 bridgehead atoms. The van der Waals surface area contributed by atoms with Crippen LogP contribution in [0.4, 0.5) is 5.69 Å². The fraction of sp³-hybridized carbons (Fsp3) is 0.294. The lowest BCUT2D eigenvalue weighted by atomic mass is 10.1. The van der Waals surface area contributed by atoms with E-state index in [1.165, 1.54) is 6.92 Å². The van der Waals surface area contributed by atoms with Crippen molar-refractivity contribution in [3.63, 3.8) is 0 Å². The van der Waals surface area contributed by atoms with Gasteiger partial charge in [0.1, 0.15) is 17.1 Å². The molecule has 0 radical (unpaired) electrons. The third-order valence-corrected chi connectivity index (χ3v) is 3.88. The molecule has 0 aliphatic rings. The molecule has 2 rings (SSSR count). The van der Waals surface area contributed by atoms with E-state index in [9.17, 15) is 9.59 Å². The number of amides is 1. The molecule has 1 heterocycles. The Labute approximate surface area is 139 Å². The monoisotopic (exact) mass is 335 g/mol. The second-order valence-electron chi connectivity index (χ2n) is 5.23. The van der Waals surface area contributed by atoms with E-state index in [0.717, 1.165) is 0 Å². The molecule has 0 saturated carbocycles. The molecule has 122 valence electrons. The van der Waals surface area contributed by atoms with Gasteiger partial charge in [-0.15, -0.1) is 0 Å². The van der Waals surface area contributed by atoms with Crippen LogP contribution in [-0.2, 0) is 9.53 Å². The van der Waals surface area contributed by atoms with Crippen LogP contribution < -0.4 is 5.32 Å². The lowest BCUT2D eigenvalue weighted by molar-refractivity contribution is -0.123. The summed E-state index contributed by atoms with van der Waals surface area (Å²) in [5.41, 5.74) is 1.54. The molecular weight excluding hydrogens is 318 g/mol. The van der Waals surface area contributed by atoms with Crippen molar-refractivity contribution in [3.05, 3.63) is 51.9 Å². The van der Waals surface area contributed by atoms with Crippen molar-refractivity contribution in [2.45, 2.75) is 33.8 Å². The molecule has 5 nitrogen and oxygen atoms in total. The highest BCUT2D eigenvalue weighted by atomic mass is 35.5. The molecule has 2 aromatic rings. The maximum absolute atomic E-state index is 12.2. The summed E-state index contributed by atoms with van der Waals surface area (Å²) in [7, 11) is 0. The fourth-order valence-electron chi connectivity index (χ4n) is 2.16. The molecule has 0 aliphatic heterocycles. The average molecular weight is 336 g/mol. The van der Waals surface area contributed by atoms with Gasteiger partial charge in [-0.3, -0.25) is 4.79 Å². The minimum Gasteiger partial charge on any atom is -0.465 e. The number of halogens is 1. The Bertz CT molecular complexity index is 751. The Hall–Kier alpha value is -2.27. The molecule has 1 amide bonds. The fourth-order valence-corrected chi connectivity index (χ4v) is 2.35. The quantitative estimate of drug-likeness (QED) is 0.856. The number of esters is 1. The van der Waals surface area contributed by atoms with Crippen molar-refractivity contribution in [2.24, 2.45) is 0 Å². The number of furan rings is 1. The van der Waals surface area contributed by atoms with Crippen LogP contribution in [0.2, 0.25) is 5.02 Å². The van der Waals surface area contributed by atoms with Crippen LogP contribution in [0.3, 0.4) is 0 Å². The standard InChI is InChI=1S/C17H18ClNO4/c1-9-10(2)22-11(3)15(9)17(21)23-12(4)16(20)19-14-8-6-5-7-13(14)18/h5-8,12H,1-4H3,(H,19,20)/t12-/m0/s1. The lowest BCUT2D eigenvalue weighted by Gasteiger charge is -2.14. The van der Waals surface area contributed by atoms with Crippen LogP contribution in [0.15, 0.2) is 28.7 Å². The van der Waals surface area contributed by atoms with E-state index < -0.39 is 18.0 Å². The van der Waals surface area contributed by atoms with Crippen LogP contribution in [0.5, 0.6) is 0 Å². The highest BCUT2D eigenvalue weighted by Crippen LogP contribution is 2.23. The summed E-state index contributed by atoms with van der Waals surface area (Å²) >= 11 is 5.98. The van der Waals surface area contributed by atoms with Crippen molar-refractivity contribution in [2.75, 3.05) is 5.32 Å². The number of ether oxygens (including phenoxy) is 1. The van der Waals surface area contributed by atoms with E-state index >= 15 is 0 Å². The molecule has 0 saturated heterocycles. The Morgan fingerprint density at radius 3 is 2.39 bits per heavy atom. The van der Waals surface area contributed by atoms with E-state index in [-0.39, 0.29) is 0 Å². The first-order valence-electron chi connectivity index (χ1n) is 7.14. The van der Waals surface area contributed by atoms with Gasteiger partial charge in [0.25, 0.3) is 5.91 Å². The summed E-state index contributed by atoms with van der Waals surface area (Å²) in [6.07, 6.45) is -0.965. The summed E-state index contributed by atoms with van der Waals surface area (Å²) in [4.78, 5) is 24.4. The van der Waals surface area contributed by atoms with Gasteiger partial charge in [-0.1, -0.05) is 23.7 Å². The number of hydrogen-bond acceptors (Lipinski definition) is 4. The van der Waals surface area contributed by atoms with Gasteiger partial charge in [-0.25, -0.2) is 4.79 Å². The highest BCUT2D eigenvalue weighted by molar-refractivity contribution is 6.33. The second-order valence-corrected chi connectivity index (χ2v) is 5.64. The van der Waals surface area contributed by atoms with E-state index in [1.54, 1.807) is 45.0 Å². The Morgan fingerprint density at radius 1 is 1.17 bits per heavy atom. The van der Waals surface area contributed by atoms with Crippen molar-refractivity contribution in [1.29, 1.82) is 0 Å². The smallest absolute Gasteiger partial charge is 0.342 e. The summed E-state index contributed by atoms with van der Waals surface area (Å²) in [5.74, 6) is 0.0898. The van der Waals surface area contributed by atoms with Crippen LogP contribution in [0.1, 0.15) is 34.4 Å². The summed E-state index contributed by atoms with van der Waals surface area (Å²) in [5, 5.41) is 3.04. The molecule has 1 atom stereocenters. The molecule has 1 aromatic carbocycles. The van der Waals surface area contributed by atoms with Crippen molar-refractivity contribution in [3.8, 4) is 0 Å². The molecule has 0 unspecified atom stereocenters. The minimum absolute atomic E-state index is 0.361. The number of aryl methyl sites for hydroxylation is 2. The van der Waals surface area contributed by atoms with Crippen LogP contribution in [0, 0.1) is 20.8 Å². The third-order valence-electron chi connectivity index (χ3n) is 3.55. The number of para-hydroxylation sites is 1. The van der Waals surface area contributed by atoms with Crippen LogP contribution in [-0.4, -0.2) is 18.0 Å². The zero-order valence-corrected chi connectivity index (χ0v) is 14.2. The number of nitrogens with one attached hydrogen (secondary N) is 1. The SMILES string of the molecule is Cc1oc(C)c(C(=O)O[C@@H](C)C(=O)Nc2ccccc2Cl)c1C. The van der Waals surface area contributed by atoms with E-state index in [0.29, 0.717) is 33.4 Å². The summed E-state index contributed by atoms with van der Waals surface area (Å²) < 4.78 is 10.6. The first-order valence-corrected chi connectivity index (χ1v) is 7.52. The van der Waals surface area contributed by atoms with Crippen molar-refractivity contribution in [1.82, 2.24) is 0 Å². The van der Waals surface area contributed by atoms with Crippen LogP contribution >= 0.6 is 11.6 Å². The van der Waals surface area contributed by atoms with Crippen LogP contribution in [0.25, 0.3) is 0 Å². The maximum Gasteiger partial charge on any atom is 0.342 e. The van der Waals surface area contributed by atoms with Crippen molar-refractivity contribution < 1.29 is 18.7 Å². The second kappa shape index (κ2) is 6.87. The Morgan fingerprint density at radius 2 is 1.83 bits per heavy atom. The normalized spacial score (nSPS) is 11.9. The van der Waals surface area contributed by atoms with Gasteiger partial charge in [0, 0.05) is 5.56 Å². The van der Waals surface area contributed by atoms with Gasteiger partial charge in [0.2, 0.25) is 0 Å².